The Balaban J connectivity index is 1.68. The third-order valence-corrected chi connectivity index (χ3v) is 5.27. The molecule has 2 saturated carbocycles. The number of hydrogen-bond donors (Lipinski definition) is 1. The summed E-state index contributed by atoms with van der Waals surface area (Å²) in [6.45, 7) is 7.97. The van der Waals surface area contributed by atoms with E-state index in [9.17, 15) is 0 Å². The lowest BCUT2D eigenvalue weighted by Crippen LogP contribution is -2.44. The van der Waals surface area contributed by atoms with Gasteiger partial charge in [-0.1, -0.05) is 0 Å². The standard InChI is InChI=1S/C15H24N2S/c1-14(2,3)17-9-15(5-11-4-12(11)6-15)7-13-8-16-10-18-13/h8,10-12,17H,4-7,9H2,1-3H3. The topological polar surface area (TPSA) is 24.9 Å². The highest BCUT2D eigenvalue weighted by molar-refractivity contribution is 7.09. The first-order chi connectivity index (χ1) is 8.46. The van der Waals surface area contributed by atoms with Gasteiger partial charge in [-0.2, -0.15) is 0 Å². The number of hydrogen-bond acceptors (Lipinski definition) is 3. The van der Waals surface area contributed by atoms with E-state index >= 15 is 0 Å². The summed E-state index contributed by atoms with van der Waals surface area (Å²) in [6, 6.07) is 0. The molecule has 1 aromatic heterocycles. The van der Waals surface area contributed by atoms with E-state index in [4.69, 9.17) is 0 Å². The minimum atomic E-state index is 0.230. The van der Waals surface area contributed by atoms with Crippen molar-refractivity contribution >= 4 is 11.3 Å². The second-order valence-electron chi connectivity index (χ2n) is 7.41. The van der Waals surface area contributed by atoms with Gasteiger partial charge in [0.1, 0.15) is 0 Å². The molecule has 2 fully saturated rings. The molecule has 0 amide bonds. The highest BCUT2D eigenvalue weighted by Crippen LogP contribution is 2.60. The molecule has 18 heavy (non-hydrogen) atoms. The summed E-state index contributed by atoms with van der Waals surface area (Å²) >= 11 is 1.82. The third kappa shape index (κ3) is 2.77. The lowest BCUT2D eigenvalue weighted by molar-refractivity contribution is 0.223. The minimum absolute atomic E-state index is 0.230. The largest absolute Gasteiger partial charge is 0.312 e. The Morgan fingerprint density at radius 2 is 2.11 bits per heavy atom. The van der Waals surface area contributed by atoms with Crippen LogP contribution >= 0.6 is 11.3 Å². The number of aromatic nitrogens is 1. The molecule has 2 aliphatic carbocycles. The molecule has 2 unspecified atom stereocenters. The number of fused-ring (bicyclic) bond motifs is 1. The van der Waals surface area contributed by atoms with Gasteiger partial charge >= 0.3 is 0 Å². The van der Waals surface area contributed by atoms with Crippen LogP contribution in [0.2, 0.25) is 0 Å². The molecule has 0 bridgehead atoms. The maximum atomic E-state index is 4.23. The second-order valence-corrected chi connectivity index (χ2v) is 8.38. The fraction of sp³-hybridized carbons (Fsp3) is 0.800. The van der Waals surface area contributed by atoms with Gasteiger partial charge in [-0.05, 0) is 63.7 Å². The Kier molecular flexibility index (Phi) is 3.02. The summed E-state index contributed by atoms with van der Waals surface area (Å²) in [7, 11) is 0. The predicted octanol–water partition coefficient (Wildman–Crippen LogP) is 3.49. The van der Waals surface area contributed by atoms with Crippen LogP contribution in [0.15, 0.2) is 11.7 Å². The van der Waals surface area contributed by atoms with Crippen LogP contribution in [0, 0.1) is 17.3 Å². The Hall–Kier alpha value is -0.410. The first-order valence-electron chi connectivity index (χ1n) is 7.08. The molecule has 0 aliphatic heterocycles. The highest BCUT2D eigenvalue weighted by Gasteiger charge is 2.53. The van der Waals surface area contributed by atoms with E-state index in [0.717, 1.165) is 11.8 Å². The molecular formula is C15H24N2S. The smallest absolute Gasteiger partial charge is 0.0794 e. The highest BCUT2D eigenvalue weighted by atomic mass is 32.1. The zero-order valence-electron chi connectivity index (χ0n) is 11.7. The van der Waals surface area contributed by atoms with Crippen LogP contribution < -0.4 is 5.32 Å². The fourth-order valence-corrected chi connectivity index (χ4v) is 4.28. The second kappa shape index (κ2) is 4.31. The van der Waals surface area contributed by atoms with Gasteiger partial charge in [0.05, 0.1) is 5.51 Å². The van der Waals surface area contributed by atoms with Crippen LogP contribution in [0.3, 0.4) is 0 Å². The Morgan fingerprint density at radius 3 is 2.67 bits per heavy atom. The van der Waals surface area contributed by atoms with Gasteiger partial charge < -0.3 is 5.32 Å². The monoisotopic (exact) mass is 264 g/mol. The van der Waals surface area contributed by atoms with E-state index in [1.807, 2.05) is 16.8 Å². The van der Waals surface area contributed by atoms with Crippen LogP contribution in [-0.4, -0.2) is 17.1 Å². The number of rotatable bonds is 4. The summed E-state index contributed by atoms with van der Waals surface area (Å²) in [5, 5.41) is 3.74. The summed E-state index contributed by atoms with van der Waals surface area (Å²) < 4.78 is 0. The average molecular weight is 264 g/mol. The van der Waals surface area contributed by atoms with Gasteiger partial charge in [0, 0.05) is 23.2 Å². The van der Waals surface area contributed by atoms with Gasteiger partial charge in [-0.3, -0.25) is 4.98 Å². The van der Waals surface area contributed by atoms with Crippen molar-refractivity contribution in [2.75, 3.05) is 6.54 Å². The Bertz CT molecular complexity index is 395. The van der Waals surface area contributed by atoms with E-state index in [1.165, 1.54) is 37.1 Å². The van der Waals surface area contributed by atoms with E-state index in [1.54, 1.807) is 0 Å². The lowest BCUT2D eigenvalue weighted by Gasteiger charge is -2.34. The molecule has 0 radical (unpaired) electrons. The van der Waals surface area contributed by atoms with Crippen molar-refractivity contribution in [3.05, 3.63) is 16.6 Å². The van der Waals surface area contributed by atoms with Crippen molar-refractivity contribution < 1.29 is 0 Å². The van der Waals surface area contributed by atoms with Gasteiger partial charge in [-0.15, -0.1) is 11.3 Å². The molecule has 100 valence electrons. The van der Waals surface area contributed by atoms with Crippen molar-refractivity contribution in [2.24, 2.45) is 17.3 Å². The van der Waals surface area contributed by atoms with Crippen LogP contribution in [0.4, 0.5) is 0 Å². The zero-order valence-corrected chi connectivity index (χ0v) is 12.5. The molecule has 1 N–H and O–H groups in total. The average Bonchev–Trinajstić information content (AvgIpc) is 2.73. The number of thiazole rings is 1. The summed E-state index contributed by atoms with van der Waals surface area (Å²) in [4.78, 5) is 5.70. The molecule has 2 atom stereocenters. The molecule has 2 nitrogen and oxygen atoms in total. The van der Waals surface area contributed by atoms with Crippen molar-refractivity contribution in [2.45, 2.75) is 52.0 Å². The zero-order chi connectivity index (χ0) is 12.8. The summed E-state index contributed by atoms with van der Waals surface area (Å²) in [5.41, 5.74) is 2.71. The van der Waals surface area contributed by atoms with E-state index in [-0.39, 0.29) is 5.54 Å². The maximum absolute atomic E-state index is 4.23. The van der Waals surface area contributed by atoms with Crippen molar-refractivity contribution in [1.82, 2.24) is 10.3 Å². The molecule has 1 heterocycles. The Labute approximate surface area is 114 Å². The molecule has 0 saturated heterocycles. The van der Waals surface area contributed by atoms with Gasteiger partial charge in [-0.25, -0.2) is 0 Å². The van der Waals surface area contributed by atoms with Crippen LogP contribution in [0.5, 0.6) is 0 Å². The molecular weight excluding hydrogens is 240 g/mol. The first kappa shape index (κ1) is 12.6. The van der Waals surface area contributed by atoms with Crippen molar-refractivity contribution in [3.8, 4) is 0 Å². The van der Waals surface area contributed by atoms with Gasteiger partial charge in [0.15, 0.2) is 0 Å². The molecule has 0 aromatic carbocycles. The molecule has 3 heteroatoms. The molecule has 0 spiro atoms. The maximum Gasteiger partial charge on any atom is 0.0794 e. The third-order valence-electron chi connectivity index (χ3n) is 4.49. The van der Waals surface area contributed by atoms with Crippen molar-refractivity contribution in [3.63, 3.8) is 0 Å². The SMILES string of the molecule is CC(C)(C)NCC1(Cc2cncs2)CC2CC2C1. The molecule has 2 aliphatic rings. The predicted molar refractivity (Wildman–Crippen MR) is 76.8 cm³/mol. The summed E-state index contributed by atoms with van der Waals surface area (Å²) in [6.07, 6.45) is 7.65. The Morgan fingerprint density at radius 1 is 1.39 bits per heavy atom. The van der Waals surface area contributed by atoms with E-state index in [0.29, 0.717) is 5.41 Å². The quantitative estimate of drug-likeness (QED) is 0.900. The van der Waals surface area contributed by atoms with Crippen LogP contribution in [0.25, 0.3) is 0 Å². The van der Waals surface area contributed by atoms with Crippen molar-refractivity contribution in [1.29, 1.82) is 0 Å². The van der Waals surface area contributed by atoms with Crippen LogP contribution in [0.1, 0.15) is 44.9 Å². The molecule has 1 aromatic rings. The number of nitrogens with one attached hydrogen (secondary N) is 1. The minimum Gasteiger partial charge on any atom is -0.312 e. The summed E-state index contributed by atoms with van der Waals surface area (Å²) in [5.74, 6) is 2.08. The van der Waals surface area contributed by atoms with Gasteiger partial charge in [0.25, 0.3) is 0 Å². The normalized spacial score (nSPS) is 34.6. The van der Waals surface area contributed by atoms with Gasteiger partial charge in [0.2, 0.25) is 0 Å². The van der Waals surface area contributed by atoms with Crippen LogP contribution in [-0.2, 0) is 6.42 Å². The fourth-order valence-electron chi connectivity index (χ4n) is 3.51. The first-order valence-corrected chi connectivity index (χ1v) is 7.96. The van der Waals surface area contributed by atoms with E-state index < -0.39 is 0 Å². The molecule has 3 rings (SSSR count). The van der Waals surface area contributed by atoms with E-state index in [2.05, 4.69) is 37.3 Å². The lowest BCUT2D eigenvalue weighted by atomic mass is 9.78. The number of nitrogens with zero attached hydrogens (tertiary/aromatic N) is 1.